The van der Waals surface area contributed by atoms with Gasteiger partial charge < -0.3 is 9.47 Å². The first-order chi connectivity index (χ1) is 13.4. The van der Waals surface area contributed by atoms with E-state index in [1.807, 2.05) is 31.2 Å². The fourth-order valence-corrected chi connectivity index (χ4v) is 5.38. The maximum absolute atomic E-state index is 13.1. The number of sulfone groups is 1. The summed E-state index contributed by atoms with van der Waals surface area (Å²) in [5, 5.41) is 7.74. The predicted molar refractivity (Wildman–Crippen MR) is 104 cm³/mol. The zero-order chi connectivity index (χ0) is 19.9. The molecular formula is C19H21N5O3S. The van der Waals surface area contributed by atoms with Gasteiger partial charge in [0.25, 0.3) is 5.91 Å². The Kier molecular flexibility index (Phi) is 4.62. The number of piperidine rings is 1. The van der Waals surface area contributed by atoms with Gasteiger partial charge in [0.15, 0.2) is 0 Å². The molecule has 146 valence electrons. The van der Waals surface area contributed by atoms with Crippen molar-refractivity contribution in [3.05, 3.63) is 47.9 Å². The number of hydrogen-bond donors (Lipinski definition) is 0. The van der Waals surface area contributed by atoms with Crippen LogP contribution in [0, 0.1) is 6.92 Å². The summed E-state index contributed by atoms with van der Waals surface area (Å²) in [6, 6.07) is 9.42. The van der Waals surface area contributed by atoms with E-state index in [-0.39, 0.29) is 11.1 Å². The summed E-state index contributed by atoms with van der Waals surface area (Å²) >= 11 is 0. The summed E-state index contributed by atoms with van der Waals surface area (Å²) in [5.41, 5.74) is 2.08. The van der Waals surface area contributed by atoms with Crippen molar-refractivity contribution in [1.29, 1.82) is 0 Å². The van der Waals surface area contributed by atoms with E-state index in [1.54, 1.807) is 18.0 Å². The van der Waals surface area contributed by atoms with Crippen molar-refractivity contribution >= 4 is 26.6 Å². The Morgan fingerprint density at radius 2 is 1.89 bits per heavy atom. The predicted octanol–water partition coefficient (Wildman–Crippen LogP) is 1.75. The number of amides is 1. The lowest BCUT2D eigenvalue weighted by atomic mass is 10.1. The number of benzene rings is 1. The minimum absolute atomic E-state index is 0.0222. The second kappa shape index (κ2) is 6.97. The van der Waals surface area contributed by atoms with Crippen molar-refractivity contribution in [3.8, 4) is 0 Å². The van der Waals surface area contributed by atoms with Crippen LogP contribution in [-0.4, -0.2) is 57.3 Å². The van der Waals surface area contributed by atoms with Gasteiger partial charge >= 0.3 is 0 Å². The van der Waals surface area contributed by atoms with Crippen LogP contribution in [0.25, 0.3) is 10.9 Å². The van der Waals surface area contributed by atoms with Gasteiger partial charge in [-0.05, 0) is 31.9 Å². The topological polar surface area (TPSA) is 98.0 Å². The van der Waals surface area contributed by atoms with Crippen molar-refractivity contribution in [2.75, 3.05) is 13.1 Å². The second-order valence-electron chi connectivity index (χ2n) is 7.09. The second-order valence-corrected chi connectivity index (χ2v) is 9.21. The molecule has 1 saturated heterocycles. The number of carbonyl (C=O) groups excluding carboxylic acids is 1. The fourth-order valence-electron chi connectivity index (χ4n) is 3.64. The van der Waals surface area contributed by atoms with E-state index in [0.717, 1.165) is 11.1 Å². The van der Waals surface area contributed by atoms with E-state index >= 15 is 0 Å². The van der Waals surface area contributed by atoms with Gasteiger partial charge in [-0.2, -0.15) is 0 Å². The molecule has 0 spiro atoms. The zero-order valence-corrected chi connectivity index (χ0v) is 16.6. The highest BCUT2D eigenvalue weighted by Crippen LogP contribution is 2.25. The molecule has 1 aliphatic heterocycles. The maximum atomic E-state index is 13.1. The smallest absolute Gasteiger partial charge is 0.256 e. The van der Waals surface area contributed by atoms with Gasteiger partial charge in [0.05, 0.1) is 16.3 Å². The lowest BCUT2D eigenvalue weighted by Crippen LogP contribution is -2.43. The number of pyridine rings is 1. The molecule has 1 amide bonds. The molecule has 4 rings (SSSR count). The molecule has 1 aromatic carbocycles. The summed E-state index contributed by atoms with van der Waals surface area (Å²) in [5.74, 6) is -0.113. The summed E-state index contributed by atoms with van der Waals surface area (Å²) in [4.78, 5) is 19.3. The molecule has 2 aromatic heterocycles. The van der Waals surface area contributed by atoms with Crippen LogP contribution in [0.4, 0.5) is 0 Å². The number of rotatable bonds is 3. The molecule has 1 fully saturated rings. The number of carbonyl (C=O) groups is 1. The molecular weight excluding hydrogens is 378 g/mol. The van der Waals surface area contributed by atoms with Crippen molar-refractivity contribution in [1.82, 2.24) is 24.6 Å². The molecule has 0 bridgehead atoms. The normalized spacial score (nSPS) is 15.9. The molecule has 0 radical (unpaired) electrons. The van der Waals surface area contributed by atoms with Crippen LogP contribution in [-0.2, 0) is 16.9 Å². The Morgan fingerprint density at radius 1 is 1.14 bits per heavy atom. The number of aromatic nitrogens is 4. The lowest BCUT2D eigenvalue weighted by Gasteiger charge is -2.31. The maximum Gasteiger partial charge on any atom is 0.256 e. The van der Waals surface area contributed by atoms with Crippen LogP contribution in [0.5, 0.6) is 0 Å². The van der Waals surface area contributed by atoms with Crippen LogP contribution >= 0.6 is 0 Å². The minimum Gasteiger partial charge on any atom is -0.338 e. The third-order valence-electron chi connectivity index (χ3n) is 5.18. The standard InChI is InChI=1S/C19H21N5O3S/c1-13-6-7-14-4-3-5-16(17(14)21-13)18(25)24-10-8-15(9-11-24)28(26,27)19-22-20-12-23(19)2/h3-7,12,15H,8-11H2,1-2H3. The number of para-hydroxylation sites is 1. The lowest BCUT2D eigenvalue weighted by molar-refractivity contribution is 0.0727. The van der Waals surface area contributed by atoms with Gasteiger partial charge in [-0.3, -0.25) is 9.78 Å². The third-order valence-corrected chi connectivity index (χ3v) is 7.41. The summed E-state index contributed by atoms with van der Waals surface area (Å²) in [7, 11) is -1.95. The van der Waals surface area contributed by atoms with Crippen LogP contribution in [0.3, 0.4) is 0 Å². The quantitative estimate of drug-likeness (QED) is 0.665. The summed E-state index contributed by atoms with van der Waals surface area (Å²) in [6.07, 6.45) is 2.12. The van der Waals surface area contributed by atoms with Crippen LogP contribution < -0.4 is 0 Å². The molecule has 3 heterocycles. The largest absolute Gasteiger partial charge is 0.338 e. The van der Waals surface area contributed by atoms with E-state index in [9.17, 15) is 13.2 Å². The average molecular weight is 399 g/mol. The molecule has 0 aliphatic carbocycles. The highest BCUT2D eigenvalue weighted by molar-refractivity contribution is 7.91. The van der Waals surface area contributed by atoms with Crippen LogP contribution in [0.15, 0.2) is 41.8 Å². The molecule has 28 heavy (non-hydrogen) atoms. The average Bonchev–Trinajstić information content (AvgIpc) is 3.14. The summed E-state index contributed by atoms with van der Waals surface area (Å²) < 4.78 is 27.0. The van der Waals surface area contributed by atoms with E-state index < -0.39 is 15.1 Å². The zero-order valence-electron chi connectivity index (χ0n) is 15.7. The first-order valence-corrected chi connectivity index (χ1v) is 10.7. The van der Waals surface area contributed by atoms with Crippen molar-refractivity contribution in [2.24, 2.45) is 7.05 Å². The number of nitrogens with zero attached hydrogens (tertiary/aromatic N) is 5. The van der Waals surface area contributed by atoms with Gasteiger partial charge in [0.1, 0.15) is 6.33 Å². The number of likely N-dealkylation sites (tertiary alicyclic amines) is 1. The highest BCUT2D eigenvalue weighted by Gasteiger charge is 2.35. The Labute approximate surface area is 163 Å². The number of fused-ring (bicyclic) bond motifs is 1. The monoisotopic (exact) mass is 399 g/mol. The van der Waals surface area contributed by atoms with E-state index in [0.29, 0.717) is 37.0 Å². The van der Waals surface area contributed by atoms with Crippen molar-refractivity contribution < 1.29 is 13.2 Å². The number of hydrogen-bond acceptors (Lipinski definition) is 6. The fraction of sp³-hybridized carbons (Fsp3) is 0.368. The molecule has 0 atom stereocenters. The van der Waals surface area contributed by atoms with Gasteiger partial charge in [0.2, 0.25) is 15.0 Å². The Morgan fingerprint density at radius 3 is 2.57 bits per heavy atom. The molecule has 1 aliphatic rings. The molecule has 0 N–H and O–H groups in total. The Balaban J connectivity index is 1.54. The Hall–Kier alpha value is -2.81. The highest BCUT2D eigenvalue weighted by atomic mass is 32.2. The molecule has 0 saturated carbocycles. The summed E-state index contributed by atoms with van der Waals surface area (Å²) in [6.45, 7) is 2.65. The van der Waals surface area contributed by atoms with Gasteiger partial charge in [-0.15, -0.1) is 10.2 Å². The van der Waals surface area contributed by atoms with E-state index in [2.05, 4.69) is 15.2 Å². The van der Waals surface area contributed by atoms with E-state index in [4.69, 9.17) is 0 Å². The van der Waals surface area contributed by atoms with Crippen LogP contribution in [0.1, 0.15) is 28.9 Å². The SMILES string of the molecule is Cc1ccc2cccc(C(=O)N3CCC(S(=O)(=O)c4nncn4C)CC3)c2n1. The third kappa shape index (κ3) is 3.15. The minimum atomic E-state index is -3.56. The van der Waals surface area contributed by atoms with Gasteiger partial charge in [0, 0.05) is 31.2 Å². The first-order valence-electron chi connectivity index (χ1n) is 9.11. The van der Waals surface area contributed by atoms with Crippen LogP contribution in [0.2, 0.25) is 0 Å². The van der Waals surface area contributed by atoms with Crippen molar-refractivity contribution in [2.45, 2.75) is 30.2 Å². The number of aryl methyl sites for hydroxylation is 2. The van der Waals surface area contributed by atoms with Gasteiger partial charge in [-0.25, -0.2) is 8.42 Å². The van der Waals surface area contributed by atoms with Gasteiger partial charge in [-0.1, -0.05) is 18.2 Å². The Bertz CT molecular complexity index is 1150. The first kappa shape index (κ1) is 18.5. The molecule has 8 nitrogen and oxygen atoms in total. The molecule has 0 unspecified atom stereocenters. The molecule has 3 aromatic rings. The molecule has 9 heteroatoms. The van der Waals surface area contributed by atoms with E-state index in [1.165, 1.54) is 10.9 Å². The van der Waals surface area contributed by atoms with Crippen molar-refractivity contribution in [3.63, 3.8) is 0 Å².